The largest absolute Gasteiger partial charge is 0.494 e. The molecule has 0 saturated heterocycles. The average molecular weight is 653 g/mol. The molecular weight excluding hydrogens is 623 g/mol. The molecule has 13 heteroatoms. The number of carbonyl (C=O) groups is 1. The van der Waals surface area contributed by atoms with E-state index in [1.54, 1.807) is 12.3 Å². The highest BCUT2D eigenvalue weighted by molar-refractivity contribution is 6.00. The molecule has 6 rings (SSSR count). The number of carbonyl (C=O) groups excluding carboxylic acids is 1. The van der Waals surface area contributed by atoms with Gasteiger partial charge in [-0.15, -0.1) is 0 Å². The van der Waals surface area contributed by atoms with Crippen LogP contribution in [0.5, 0.6) is 5.75 Å². The number of halogens is 5. The van der Waals surface area contributed by atoms with Crippen molar-refractivity contribution in [2.75, 3.05) is 13.7 Å². The Morgan fingerprint density at radius 2 is 1.72 bits per heavy atom. The van der Waals surface area contributed by atoms with Gasteiger partial charge in [-0.1, -0.05) is 12.1 Å². The van der Waals surface area contributed by atoms with Gasteiger partial charge in [0, 0.05) is 34.3 Å². The van der Waals surface area contributed by atoms with Crippen LogP contribution in [0.4, 0.5) is 22.0 Å². The normalized spacial score (nSPS) is 14.7. The van der Waals surface area contributed by atoms with E-state index in [-0.39, 0.29) is 23.2 Å². The van der Waals surface area contributed by atoms with Gasteiger partial charge in [0.2, 0.25) is 0 Å². The number of nitrogens with one attached hydrogen (secondary N) is 1. The minimum atomic E-state index is -2.43. The molecule has 47 heavy (non-hydrogen) atoms. The van der Waals surface area contributed by atoms with Crippen molar-refractivity contribution in [2.45, 2.75) is 43.9 Å². The van der Waals surface area contributed by atoms with Crippen molar-refractivity contribution < 1.29 is 41.7 Å². The summed E-state index contributed by atoms with van der Waals surface area (Å²) in [5.41, 5.74) is -6.46. The molecule has 3 N–H and O–H groups in total. The number of methoxy groups -OCH3 is 1. The molecular formula is C34H29F5N4O4. The van der Waals surface area contributed by atoms with Crippen molar-refractivity contribution >= 4 is 16.8 Å². The Labute approximate surface area is 265 Å². The molecule has 1 fully saturated rings. The molecule has 8 nitrogen and oxygen atoms in total. The summed E-state index contributed by atoms with van der Waals surface area (Å²) in [5, 5.41) is 30.8. The zero-order valence-electron chi connectivity index (χ0n) is 25.4. The standard InChI is InChI=1S/C34H29F5N4O4/c1-33(2,45)23-13-28(41-31(29(23)39)22-12-25(37)26(38)14-24(22)36)34(46,19-5-4-6-20(35)11-19)16-40-32(44)17-9-18-15-43(21-7-8-21)42-30(18)27(10-17)47-3/h4-6,9-15,21,45-46H,7-8,16H2,1-3H3,(H,40,44)/t34-/m1/s1. The topological polar surface area (TPSA) is 110 Å². The fourth-order valence-corrected chi connectivity index (χ4v) is 5.40. The van der Waals surface area contributed by atoms with E-state index in [1.807, 2.05) is 4.68 Å². The van der Waals surface area contributed by atoms with Gasteiger partial charge >= 0.3 is 0 Å². The third-order valence-corrected chi connectivity index (χ3v) is 8.11. The Bertz CT molecular complexity index is 2040. The van der Waals surface area contributed by atoms with Crippen LogP contribution in [0.3, 0.4) is 0 Å². The summed E-state index contributed by atoms with van der Waals surface area (Å²) in [4.78, 5) is 17.6. The van der Waals surface area contributed by atoms with Crippen molar-refractivity contribution in [2.24, 2.45) is 0 Å². The van der Waals surface area contributed by atoms with Gasteiger partial charge in [-0.05, 0) is 68.7 Å². The van der Waals surface area contributed by atoms with E-state index in [4.69, 9.17) is 4.74 Å². The molecule has 244 valence electrons. The lowest BCUT2D eigenvalue weighted by molar-refractivity contribution is 0.0623. The highest BCUT2D eigenvalue weighted by Crippen LogP contribution is 2.39. The van der Waals surface area contributed by atoms with Crippen LogP contribution in [0.2, 0.25) is 0 Å². The van der Waals surface area contributed by atoms with E-state index in [0.717, 1.165) is 31.0 Å². The molecule has 2 aromatic heterocycles. The van der Waals surface area contributed by atoms with Crippen molar-refractivity contribution in [1.29, 1.82) is 0 Å². The molecule has 2 heterocycles. The number of rotatable bonds is 9. The first-order valence-corrected chi connectivity index (χ1v) is 14.6. The minimum absolute atomic E-state index is 0.139. The smallest absolute Gasteiger partial charge is 0.251 e. The second kappa shape index (κ2) is 11.7. The summed E-state index contributed by atoms with van der Waals surface area (Å²) in [5.74, 6) is -6.79. The van der Waals surface area contributed by atoms with Gasteiger partial charge in [-0.25, -0.2) is 26.9 Å². The van der Waals surface area contributed by atoms with Crippen LogP contribution in [0.1, 0.15) is 59.9 Å². The van der Waals surface area contributed by atoms with Crippen molar-refractivity contribution in [1.82, 2.24) is 20.1 Å². The van der Waals surface area contributed by atoms with Crippen LogP contribution in [0.25, 0.3) is 22.2 Å². The van der Waals surface area contributed by atoms with E-state index in [9.17, 15) is 32.6 Å². The van der Waals surface area contributed by atoms with Gasteiger partial charge in [-0.2, -0.15) is 5.10 Å². The van der Waals surface area contributed by atoms with Crippen molar-refractivity contribution in [3.63, 3.8) is 0 Å². The predicted molar refractivity (Wildman–Crippen MR) is 161 cm³/mol. The van der Waals surface area contributed by atoms with Gasteiger partial charge < -0.3 is 20.3 Å². The first kappa shape index (κ1) is 32.1. The second-order valence-corrected chi connectivity index (χ2v) is 12.0. The lowest BCUT2D eigenvalue weighted by atomic mass is 9.86. The molecule has 1 amide bonds. The van der Waals surface area contributed by atoms with Gasteiger partial charge in [0.05, 0.1) is 31.0 Å². The number of hydrogen-bond acceptors (Lipinski definition) is 6. The Morgan fingerprint density at radius 3 is 2.38 bits per heavy atom. The molecule has 3 aromatic carbocycles. The maximum Gasteiger partial charge on any atom is 0.251 e. The van der Waals surface area contributed by atoms with Crippen molar-refractivity contribution in [3.8, 4) is 17.0 Å². The predicted octanol–water partition coefficient (Wildman–Crippen LogP) is 6.03. The molecule has 1 atom stereocenters. The number of benzene rings is 3. The van der Waals surface area contributed by atoms with Gasteiger partial charge in [0.25, 0.3) is 5.91 Å². The summed E-state index contributed by atoms with van der Waals surface area (Å²) in [6.45, 7) is 1.73. The fourth-order valence-electron chi connectivity index (χ4n) is 5.40. The molecule has 0 radical (unpaired) electrons. The third-order valence-electron chi connectivity index (χ3n) is 8.11. The lowest BCUT2D eigenvalue weighted by Crippen LogP contribution is -2.43. The molecule has 1 aliphatic carbocycles. The zero-order chi connectivity index (χ0) is 33.8. The van der Waals surface area contributed by atoms with E-state index < -0.39 is 75.3 Å². The van der Waals surface area contributed by atoms with E-state index >= 15 is 4.39 Å². The van der Waals surface area contributed by atoms with E-state index in [2.05, 4.69) is 15.4 Å². The Morgan fingerprint density at radius 1 is 1.00 bits per heavy atom. The van der Waals surface area contributed by atoms with Crippen LogP contribution in [-0.4, -0.2) is 44.5 Å². The number of ether oxygens (including phenoxy) is 1. The first-order chi connectivity index (χ1) is 22.2. The van der Waals surface area contributed by atoms with Crippen LogP contribution < -0.4 is 10.1 Å². The van der Waals surface area contributed by atoms with E-state index in [1.165, 1.54) is 39.2 Å². The number of amides is 1. The molecule has 0 spiro atoms. The number of aliphatic hydroxyl groups is 2. The summed E-state index contributed by atoms with van der Waals surface area (Å²) < 4.78 is 80.6. The highest BCUT2D eigenvalue weighted by atomic mass is 19.2. The number of fused-ring (bicyclic) bond motifs is 1. The van der Waals surface area contributed by atoms with Gasteiger partial charge in [0.15, 0.2) is 17.5 Å². The van der Waals surface area contributed by atoms with Crippen LogP contribution in [0.15, 0.2) is 60.8 Å². The first-order valence-electron chi connectivity index (χ1n) is 14.6. The molecule has 1 saturated carbocycles. The fraction of sp³-hybridized carbons (Fsp3) is 0.265. The number of pyridine rings is 1. The zero-order valence-corrected chi connectivity index (χ0v) is 25.4. The Balaban J connectivity index is 1.46. The number of aromatic nitrogens is 3. The summed E-state index contributed by atoms with van der Waals surface area (Å²) >= 11 is 0. The minimum Gasteiger partial charge on any atom is -0.494 e. The molecule has 0 aliphatic heterocycles. The number of nitrogens with zero attached hydrogens (tertiary/aromatic N) is 3. The van der Waals surface area contributed by atoms with Crippen molar-refractivity contribution in [3.05, 3.63) is 112 Å². The number of hydrogen-bond donors (Lipinski definition) is 3. The maximum absolute atomic E-state index is 15.9. The van der Waals surface area contributed by atoms with Crippen LogP contribution in [0, 0.1) is 29.1 Å². The summed E-state index contributed by atoms with van der Waals surface area (Å²) in [6.07, 6.45) is 3.77. The summed E-state index contributed by atoms with van der Waals surface area (Å²) in [6, 6.07) is 9.58. The summed E-state index contributed by atoms with van der Waals surface area (Å²) in [7, 11) is 1.43. The molecule has 0 unspecified atom stereocenters. The maximum atomic E-state index is 15.9. The van der Waals surface area contributed by atoms with Gasteiger partial charge in [-0.3, -0.25) is 9.48 Å². The van der Waals surface area contributed by atoms with E-state index in [0.29, 0.717) is 22.7 Å². The SMILES string of the molecule is COc1cc(C(=O)NC[C@@](O)(c2cccc(F)c2)c2cc(C(C)(C)O)c(F)c(-c3cc(F)c(F)cc3F)n2)cc2cn(C3CC3)nc12. The highest BCUT2D eigenvalue weighted by Gasteiger charge is 2.38. The van der Waals surface area contributed by atoms with Crippen LogP contribution in [-0.2, 0) is 11.2 Å². The Hall–Kier alpha value is -4.88. The molecule has 5 aromatic rings. The average Bonchev–Trinajstić information content (AvgIpc) is 3.79. The van der Waals surface area contributed by atoms with Gasteiger partial charge in [0.1, 0.15) is 34.2 Å². The van der Waals surface area contributed by atoms with Crippen LogP contribution >= 0.6 is 0 Å². The monoisotopic (exact) mass is 652 g/mol. The molecule has 0 bridgehead atoms. The Kier molecular flexibility index (Phi) is 8.00. The third kappa shape index (κ3) is 6.03. The second-order valence-electron chi connectivity index (χ2n) is 12.0. The molecule has 1 aliphatic rings. The lowest BCUT2D eigenvalue weighted by Gasteiger charge is -2.31. The quantitative estimate of drug-likeness (QED) is 0.133.